The number of methoxy groups -OCH3 is 2. The third-order valence-electron chi connectivity index (χ3n) is 6.93. The molecule has 0 radical (unpaired) electrons. The van der Waals surface area contributed by atoms with Crippen LogP contribution in [0.2, 0.25) is 0 Å². The van der Waals surface area contributed by atoms with Gasteiger partial charge in [0, 0.05) is 20.3 Å². The van der Waals surface area contributed by atoms with Gasteiger partial charge in [-0.15, -0.1) is 0 Å². The number of ether oxygens (including phenoxy) is 10. The summed E-state index contributed by atoms with van der Waals surface area (Å²) in [7, 11) is 3.09. The average molecular weight is 613 g/mol. The van der Waals surface area contributed by atoms with E-state index in [1.54, 1.807) is 7.11 Å². The van der Waals surface area contributed by atoms with Crippen LogP contribution in [0.1, 0.15) is 27.7 Å². The molecule has 0 aliphatic carbocycles. The molecule has 5 heterocycles. The van der Waals surface area contributed by atoms with Crippen LogP contribution >= 0.6 is 0 Å². The minimum absolute atomic E-state index is 0.0829. The number of aliphatic hydroxyl groups excluding tert-OH is 5. The van der Waals surface area contributed by atoms with Crippen LogP contribution in [0.4, 0.5) is 0 Å². The van der Waals surface area contributed by atoms with Crippen LogP contribution in [0.5, 0.6) is 0 Å². The van der Waals surface area contributed by atoms with Crippen LogP contribution in [0.25, 0.3) is 0 Å². The van der Waals surface area contributed by atoms with Crippen molar-refractivity contribution in [3.63, 3.8) is 0 Å². The van der Waals surface area contributed by atoms with Gasteiger partial charge in [0.2, 0.25) is 0 Å². The molecule has 16 heteroatoms. The molecule has 0 aromatic rings. The molecule has 12 atom stereocenters. The molecule has 0 bridgehead atoms. The van der Waals surface area contributed by atoms with E-state index in [9.17, 15) is 4.79 Å². The van der Waals surface area contributed by atoms with Gasteiger partial charge in [-0.1, -0.05) is 6.58 Å². The predicted molar refractivity (Wildman–Crippen MR) is 137 cm³/mol. The number of rotatable bonds is 7. The number of carbonyl (C=O) groups excluding carboxylic acids is 1. The van der Waals surface area contributed by atoms with Crippen LogP contribution in [0, 0.1) is 0 Å². The molecule has 5 saturated heterocycles. The first-order chi connectivity index (χ1) is 19.7. The second-order valence-corrected chi connectivity index (χ2v) is 10.9. The molecule has 244 valence electrons. The lowest BCUT2D eigenvalue weighted by molar-refractivity contribution is -0.231. The SMILES string of the molecule is C=CC(=O)OCC1OC(OC)C2OC(C)(C)OC12.COC1OC(CO)C2OC(C)(C)OC12.OCC1OC(O)C(O)C1O. The molecule has 0 aromatic carbocycles. The van der Waals surface area contributed by atoms with E-state index < -0.39 is 67.4 Å². The fourth-order valence-corrected chi connectivity index (χ4v) is 5.05. The first kappa shape index (κ1) is 35.1. The van der Waals surface area contributed by atoms with Gasteiger partial charge in [-0.2, -0.15) is 0 Å². The number of hydrogen-bond acceptors (Lipinski definition) is 16. The van der Waals surface area contributed by atoms with Crippen LogP contribution in [-0.2, 0) is 52.2 Å². The number of carbonyl (C=O) groups is 1. The topological polar surface area (TPSA) is 211 Å². The van der Waals surface area contributed by atoms with E-state index >= 15 is 0 Å². The lowest BCUT2D eigenvalue weighted by atomic mass is 10.1. The summed E-state index contributed by atoms with van der Waals surface area (Å²) in [4.78, 5) is 11.0. The molecule has 12 unspecified atom stereocenters. The van der Waals surface area contributed by atoms with E-state index in [1.165, 1.54) is 7.11 Å². The van der Waals surface area contributed by atoms with Gasteiger partial charge in [-0.25, -0.2) is 4.79 Å². The predicted octanol–water partition coefficient (Wildman–Crippen LogP) is -2.11. The summed E-state index contributed by atoms with van der Waals surface area (Å²) in [5, 5.41) is 44.0. The second kappa shape index (κ2) is 14.6. The standard InChI is InChI=1S/C12H18O6.C9H16O5.C5H10O5/c1-5-8(13)15-6-7-9-10(11(14-4)16-7)18-12(2,3)17-9;1-9(2)13-6-5(4-10)12-8(11-3)7(6)14-9;6-1-2-3(7)4(8)5(9)10-2/h5,7,9-11H,1,6H2,2-4H3;5-8,10H,4H2,1-3H3;2-9H,1H2. The highest BCUT2D eigenvalue weighted by atomic mass is 16.8. The van der Waals surface area contributed by atoms with E-state index in [4.69, 9.17) is 68.2 Å². The summed E-state index contributed by atoms with van der Waals surface area (Å²) in [6, 6.07) is 0. The highest BCUT2D eigenvalue weighted by Gasteiger charge is 2.56. The van der Waals surface area contributed by atoms with Crippen LogP contribution in [0.3, 0.4) is 0 Å². The third kappa shape index (κ3) is 8.22. The summed E-state index contributed by atoms with van der Waals surface area (Å²) in [6.45, 7) is 10.3. The van der Waals surface area contributed by atoms with E-state index in [0.29, 0.717) is 0 Å². The smallest absolute Gasteiger partial charge is 0.330 e. The Balaban J connectivity index is 0.000000180. The van der Waals surface area contributed by atoms with E-state index in [2.05, 4.69) is 11.3 Å². The maximum Gasteiger partial charge on any atom is 0.330 e. The summed E-state index contributed by atoms with van der Waals surface area (Å²) < 4.78 is 53.5. The maximum absolute atomic E-state index is 11.0. The van der Waals surface area contributed by atoms with Gasteiger partial charge in [0.15, 0.2) is 30.4 Å². The Morgan fingerprint density at radius 1 is 0.738 bits per heavy atom. The van der Waals surface area contributed by atoms with E-state index in [1.807, 2.05) is 27.7 Å². The third-order valence-corrected chi connectivity index (χ3v) is 6.93. The molecule has 5 N–H and O–H groups in total. The molecular weight excluding hydrogens is 568 g/mol. The monoisotopic (exact) mass is 612 g/mol. The van der Waals surface area contributed by atoms with Gasteiger partial charge in [0.05, 0.1) is 13.2 Å². The molecule has 5 aliphatic rings. The molecule has 0 spiro atoms. The quantitative estimate of drug-likeness (QED) is 0.154. The zero-order valence-corrected chi connectivity index (χ0v) is 24.6. The van der Waals surface area contributed by atoms with E-state index in [-0.39, 0.29) is 43.7 Å². The fourth-order valence-electron chi connectivity index (χ4n) is 5.05. The minimum atomic E-state index is -1.38. The highest BCUT2D eigenvalue weighted by Crippen LogP contribution is 2.39. The Hall–Kier alpha value is -1.35. The number of esters is 1. The Bertz CT molecular complexity index is 864. The van der Waals surface area contributed by atoms with Crippen molar-refractivity contribution in [2.45, 2.75) is 113 Å². The van der Waals surface area contributed by atoms with Crippen molar-refractivity contribution in [3.05, 3.63) is 12.7 Å². The Morgan fingerprint density at radius 3 is 1.57 bits per heavy atom. The molecule has 0 aromatic heterocycles. The molecule has 0 saturated carbocycles. The molecule has 16 nitrogen and oxygen atoms in total. The van der Waals surface area contributed by atoms with Crippen molar-refractivity contribution in [3.8, 4) is 0 Å². The van der Waals surface area contributed by atoms with Crippen LogP contribution < -0.4 is 0 Å². The van der Waals surface area contributed by atoms with Gasteiger partial charge in [-0.3, -0.25) is 0 Å². The van der Waals surface area contributed by atoms with Gasteiger partial charge >= 0.3 is 5.97 Å². The van der Waals surface area contributed by atoms with Crippen LogP contribution in [0.15, 0.2) is 12.7 Å². The molecule has 5 fully saturated rings. The zero-order valence-electron chi connectivity index (χ0n) is 24.6. The normalized spacial score (nSPS) is 42.5. The molecule has 42 heavy (non-hydrogen) atoms. The summed E-state index contributed by atoms with van der Waals surface area (Å²) >= 11 is 0. The Kier molecular flexibility index (Phi) is 12.2. The van der Waals surface area contributed by atoms with Crippen molar-refractivity contribution in [2.24, 2.45) is 0 Å². The number of aliphatic hydroxyl groups is 5. The minimum Gasteiger partial charge on any atom is -0.460 e. The van der Waals surface area contributed by atoms with Crippen molar-refractivity contribution in [1.29, 1.82) is 0 Å². The zero-order chi connectivity index (χ0) is 31.4. The number of fused-ring (bicyclic) bond motifs is 2. The first-order valence-electron chi connectivity index (χ1n) is 13.5. The van der Waals surface area contributed by atoms with E-state index in [0.717, 1.165) is 6.08 Å². The molecule has 5 aliphatic heterocycles. The second-order valence-electron chi connectivity index (χ2n) is 10.9. The molecular formula is C26H44O16. The van der Waals surface area contributed by atoms with Crippen molar-refractivity contribution >= 4 is 5.97 Å². The van der Waals surface area contributed by atoms with Crippen molar-refractivity contribution in [1.82, 2.24) is 0 Å². The van der Waals surface area contributed by atoms with Crippen molar-refractivity contribution in [2.75, 3.05) is 34.0 Å². The average Bonchev–Trinajstić information content (AvgIpc) is 3.69. The van der Waals surface area contributed by atoms with Gasteiger partial charge < -0.3 is 72.9 Å². The fraction of sp³-hybridized carbons (Fsp3) is 0.885. The lowest BCUT2D eigenvalue weighted by Crippen LogP contribution is -2.33. The lowest BCUT2D eigenvalue weighted by Gasteiger charge is -2.23. The van der Waals surface area contributed by atoms with Crippen molar-refractivity contribution < 1.29 is 77.7 Å². The Morgan fingerprint density at radius 2 is 1.19 bits per heavy atom. The van der Waals surface area contributed by atoms with Crippen LogP contribution in [-0.4, -0.2) is 151 Å². The largest absolute Gasteiger partial charge is 0.460 e. The summed E-state index contributed by atoms with van der Waals surface area (Å²) in [6.07, 6.45) is -6.45. The summed E-state index contributed by atoms with van der Waals surface area (Å²) in [5.41, 5.74) is 0. The first-order valence-corrected chi connectivity index (χ1v) is 13.5. The molecule has 5 rings (SSSR count). The number of hydrogen-bond donors (Lipinski definition) is 5. The maximum atomic E-state index is 11.0. The molecule has 0 amide bonds. The van der Waals surface area contributed by atoms with Gasteiger partial charge in [0.1, 0.15) is 61.5 Å². The van der Waals surface area contributed by atoms with Gasteiger partial charge in [-0.05, 0) is 27.7 Å². The highest BCUT2D eigenvalue weighted by molar-refractivity contribution is 5.81. The summed E-state index contributed by atoms with van der Waals surface area (Å²) in [5.74, 6) is -1.80. The Labute approximate surface area is 243 Å². The van der Waals surface area contributed by atoms with Gasteiger partial charge in [0.25, 0.3) is 0 Å².